The molecule has 0 amide bonds. The van der Waals surface area contributed by atoms with Gasteiger partial charge in [-0.25, -0.2) is 0 Å². The standard InChI is InChI=1S/C16H16F2O3/c1-2-20-14-9-4-3-8-13(14)15(19)11-6-5-7-12(10-11)21-16(17)18/h3-10,15-16,19H,2H2,1H3. The summed E-state index contributed by atoms with van der Waals surface area (Å²) in [5.41, 5.74) is 1.04. The lowest BCUT2D eigenvalue weighted by atomic mass is 10.0. The number of hydrogen-bond donors (Lipinski definition) is 1. The molecule has 3 nitrogen and oxygen atoms in total. The molecule has 0 spiro atoms. The first kappa shape index (κ1) is 15.3. The zero-order valence-electron chi connectivity index (χ0n) is 11.5. The molecule has 1 N–H and O–H groups in total. The number of alkyl halides is 2. The van der Waals surface area contributed by atoms with Gasteiger partial charge in [-0.1, -0.05) is 30.3 Å². The molecule has 0 saturated carbocycles. The van der Waals surface area contributed by atoms with Crippen molar-refractivity contribution in [2.45, 2.75) is 19.6 Å². The first-order valence-corrected chi connectivity index (χ1v) is 6.56. The van der Waals surface area contributed by atoms with Crippen molar-refractivity contribution in [2.75, 3.05) is 6.61 Å². The van der Waals surface area contributed by atoms with Gasteiger partial charge in [0, 0.05) is 5.56 Å². The van der Waals surface area contributed by atoms with E-state index in [2.05, 4.69) is 4.74 Å². The molecule has 0 heterocycles. The zero-order valence-corrected chi connectivity index (χ0v) is 11.5. The molecule has 21 heavy (non-hydrogen) atoms. The van der Waals surface area contributed by atoms with E-state index >= 15 is 0 Å². The minimum atomic E-state index is -2.90. The Morgan fingerprint density at radius 3 is 2.57 bits per heavy atom. The summed E-state index contributed by atoms with van der Waals surface area (Å²) in [5.74, 6) is 0.572. The third-order valence-corrected chi connectivity index (χ3v) is 2.91. The summed E-state index contributed by atoms with van der Waals surface area (Å²) in [7, 11) is 0. The van der Waals surface area contributed by atoms with Crippen LogP contribution in [0.15, 0.2) is 48.5 Å². The summed E-state index contributed by atoms with van der Waals surface area (Å²) in [6.07, 6.45) is -0.978. The lowest BCUT2D eigenvalue weighted by Crippen LogP contribution is -2.06. The first-order valence-electron chi connectivity index (χ1n) is 6.56. The average molecular weight is 294 g/mol. The van der Waals surface area contributed by atoms with Crippen molar-refractivity contribution in [1.82, 2.24) is 0 Å². The van der Waals surface area contributed by atoms with Crippen LogP contribution in [0.3, 0.4) is 0 Å². The van der Waals surface area contributed by atoms with Gasteiger partial charge < -0.3 is 14.6 Å². The number of benzene rings is 2. The highest BCUT2D eigenvalue weighted by Crippen LogP contribution is 2.31. The van der Waals surface area contributed by atoms with E-state index in [0.717, 1.165) is 0 Å². The predicted molar refractivity (Wildman–Crippen MR) is 74.7 cm³/mol. The Morgan fingerprint density at radius 2 is 1.86 bits per heavy atom. The lowest BCUT2D eigenvalue weighted by molar-refractivity contribution is -0.0499. The van der Waals surface area contributed by atoms with E-state index in [1.54, 1.807) is 36.4 Å². The van der Waals surface area contributed by atoms with Crippen molar-refractivity contribution >= 4 is 0 Å². The van der Waals surface area contributed by atoms with Gasteiger partial charge in [-0.05, 0) is 30.7 Å². The largest absolute Gasteiger partial charge is 0.493 e. The van der Waals surface area contributed by atoms with Gasteiger partial charge in [0.1, 0.15) is 17.6 Å². The smallest absolute Gasteiger partial charge is 0.387 e. The molecule has 0 aromatic heterocycles. The highest BCUT2D eigenvalue weighted by atomic mass is 19.3. The van der Waals surface area contributed by atoms with Crippen LogP contribution in [-0.2, 0) is 0 Å². The molecule has 5 heteroatoms. The summed E-state index contributed by atoms with van der Waals surface area (Å²) >= 11 is 0. The molecule has 0 fully saturated rings. The van der Waals surface area contributed by atoms with Crippen molar-refractivity contribution in [3.05, 3.63) is 59.7 Å². The minimum absolute atomic E-state index is 0.00967. The molecular weight excluding hydrogens is 278 g/mol. The Morgan fingerprint density at radius 1 is 1.10 bits per heavy atom. The number of hydrogen-bond acceptors (Lipinski definition) is 3. The van der Waals surface area contributed by atoms with Crippen LogP contribution in [0.2, 0.25) is 0 Å². The van der Waals surface area contributed by atoms with Gasteiger partial charge in [0.05, 0.1) is 6.61 Å². The topological polar surface area (TPSA) is 38.7 Å². The quantitative estimate of drug-likeness (QED) is 0.881. The van der Waals surface area contributed by atoms with Crippen molar-refractivity contribution in [3.8, 4) is 11.5 Å². The van der Waals surface area contributed by atoms with Crippen molar-refractivity contribution in [3.63, 3.8) is 0 Å². The molecule has 0 aliphatic heterocycles. The fraction of sp³-hybridized carbons (Fsp3) is 0.250. The fourth-order valence-electron chi connectivity index (χ4n) is 2.03. The van der Waals surface area contributed by atoms with E-state index in [1.807, 2.05) is 6.92 Å². The fourth-order valence-corrected chi connectivity index (χ4v) is 2.03. The predicted octanol–water partition coefficient (Wildman–Crippen LogP) is 3.77. The van der Waals surface area contributed by atoms with E-state index in [4.69, 9.17) is 4.74 Å². The second-order valence-corrected chi connectivity index (χ2v) is 4.32. The third-order valence-electron chi connectivity index (χ3n) is 2.91. The Balaban J connectivity index is 2.29. The van der Waals surface area contributed by atoms with E-state index in [1.165, 1.54) is 12.1 Å². The Bertz CT molecular complexity index is 587. The summed E-state index contributed by atoms with van der Waals surface area (Å²) in [6, 6.07) is 13.1. The van der Waals surface area contributed by atoms with E-state index in [0.29, 0.717) is 23.5 Å². The summed E-state index contributed by atoms with van der Waals surface area (Å²) < 4.78 is 34.3. The number of rotatable bonds is 6. The van der Waals surface area contributed by atoms with Crippen LogP contribution in [0.25, 0.3) is 0 Å². The van der Waals surface area contributed by atoms with Gasteiger partial charge in [0.2, 0.25) is 0 Å². The molecule has 2 aromatic carbocycles. The molecule has 0 aliphatic carbocycles. The lowest BCUT2D eigenvalue weighted by Gasteiger charge is -2.16. The maximum atomic E-state index is 12.2. The molecule has 112 valence electrons. The number of ether oxygens (including phenoxy) is 2. The van der Waals surface area contributed by atoms with Crippen LogP contribution >= 0.6 is 0 Å². The normalized spacial score (nSPS) is 12.2. The molecule has 0 bridgehead atoms. The van der Waals surface area contributed by atoms with Gasteiger partial charge in [-0.15, -0.1) is 0 Å². The van der Waals surface area contributed by atoms with Crippen LogP contribution in [-0.4, -0.2) is 18.3 Å². The monoisotopic (exact) mass is 294 g/mol. The van der Waals surface area contributed by atoms with E-state index in [9.17, 15) is 13.9 Å². The Labute approximate surface area is 121 Å². The molecular formula is C16H16F2O3. The number of para-hydroxylation sites is 1. The van der Waals surface area contributed by atoms with Crippen molar-refractivity contribution in [1.29, 1.82) is 0 Å². The van der Waals surface area contributed by atoms with E-state index in [-0.39, 0.29) is 5.75 Å². The average Bonchev–Trinajstić information content (AvgIpc) is 2.47. The molecule has 2 aromatic rings. The number of aliphatic hydroxyl groups is 1. The second-order valence-electron chi connectivity index (χ2n) is 4.32. The second kappa shape index (κ2) is 7.04. The molecule has 0 aliphatic rings. The third kappa shape index (κ3) is 3.92. The highest BCUT2D eigenvalue weighted by Gasteiger charge is 2.16. The number of aliphatic hydroxyl groups excluding tert-OH is 1. The zero-order chi connectivity index (χ0) is 15.2. The molecule has 1 atom stereocenters. The van der Waals surface area contributed by atoms with Crippen LogP contribution < -0.4 is 9.47 Å². The Kier molecular flexibility index (Phi) is 5.11. The van der Waals surface area contributed by atoms with Gasteiger partial charge in [-0.3, -0.25) is 0 Å². The molecule has 0 saturated heterocycles. The maximum Gasteiger partial charge on any atom is 0.387 e. The van der Waals surface area contributed by atoms with Crippen LogP contribution in [0.4, 0.5) is 8.78 Å². The van der Waals surface area contributed by atoms with Crippen LogP contribution in [0.5, 0.6) is 11.5 Å². The van der Waals surface area contributed by atoms with Gasteiger partial charge in [0.15, 0.2) is 0 Å². The minimum Gasteiger partial charge on any atom is -0.493 e. The number of halogens is 2. The molecule has 1 unspecified atom stereocenters. The van der Waals surface area contributed by atoms with Crippen molar-refractivity contribution in [2.24, 2.45) is 0 Å². The molecule has 2 rings (SSSR count). The summed E-state index contributed by atoms with van der Waals surface area (Å²) in [6.45, 7) is -0.577. The Hall–Kier alpha value is -2.14. The van der Waals surface area contributed by atoms with Gasteiger partial charge in [0.25, 0.3) is 0 Å². The van der Waals surface area contributed by atoms with Crippen molar-refractivity contribution < 1.29 is 23.4 Å². The van der Waals surface area contributed by atoms with Crippen LogP contribution in [0.1, 0.15) is 24.2 Å². The summed E-state index contributed by atoms with van der Waals surface area (Å²) in [5, 5.41) is 10.4. The van der Waals surface area contributed by atoms with Gasteiger partial charge in [-0.2, -0.15) is 8.78 Å². The van der Waals surface area contributed by atoms with E-state index < -0.39 is 12.7 Å². The molecule has 0 radical (unpaired) electrons. The summed E-state index contributed by atoms with van der Waals surface area (Å²) in [4.78, 5) is 0. The first-order chi connectivity index (χ1) is 10.1. The van der Waals surface area contributed by atoms with Crippen LogP contribution in [0, 0.1) is 0 Å². The van der Waals surface area contributed by atoms with Gasteiger partial charge >= 0.3 is 6.61 Å². The highest BCUT2D eigenvalue weighted by molar-refractivity contribution is 5.42. The SMILES string of the molecule is CCOc1ccccc1C(O)c1cccc(OC(F)F)c1. The maximum absolute atomic E-state index is 12.2.